The van der Waals surface area contributed by atoms with Crippen molar-refractivity contribution in [1.82, 2.24) is 0 Å². The number of hydrogen-bond acceptors (Lipinski definition) is 17. The molecule has 13 fully saturated rings. The molecule has 25 atom stereocenters. The second-order valence-electron chi connectivity index (χ2n) is 30.7. The quantitative estimate of drug-likeness (QED) is 0.0781. The van der Waals surface area contributed by atoms with Crippen molar-refractivity contribution in [3.8, 4) is 6.07 Å². The van der Waals surface area contributed by atoms with Gasteiger partial charge in [0, 0.05) is 82.0 Å². The highest BCUT2D eigenvalue weighted by molar-refractivity contribution is 7.79. The van der Waals surface area contributed by atoms with Gasteiger partial charge in [-0.25, -0.2) is 0 Å². The summed E-state index contributed by atoms with van der Waals surface area (Å²) in [5.74, 6) is 5.84. The van der Waals surface area contributed by atoms with Crippen LogP contribution in [0.3, 0.4) is 0 Å². The average Bonchev–Trinajstić information content (AvgIpc) is 1.73. The first-order valence-electron chi connectivity index (χ1n) is 33.1. The number of ether oxygens (including phenoxy) is 6. The van der Waals surface area contributed by atoms with E-state index in [4.69, 9.17) is 46.3 Å². The van der Waals surface area contributed by atoms with Gasteiger partial charge in [-0.3, -0.25) is 33.1 Å². The number of epoxide rings is 1. The number of carbonyl (C=O) groups excluding carboxylic acids is 5. The average molecular weight is 1240 g/mol. The van der Waals surface area contributed by atoms with Crippen molar-refractivity contribution in [3.05, 3.63) is 0 Å². The Hall–Kier alpha value is -2.65. The largest absolute Gasteiger partial charge is 0.394 e. The third-order valence-electron chi connectivity index (χ3n) is 26.4. The van der Waals surface area contributed by atoms with Crippen molar-refractivity contribution in [2.24, 2.45) is 109 Å². The fourth-order valence-corrected chi connectivity index (χ4v) is 22.3. The third-order valence-corrected chi connectivity index (χ3v) is 26.4. The molecule has 1 aliphatic heterocycles. The van der Waals surface area contributed by atoms with Crippen LogP contribution in [0.15, 0.2) is 0 Å². The maximum absolute atomic E-state index is 13.5. The standard InChI is InChI=1S/C23H35NO4.C22H34O5.C19H26O3.C3H8O2.H2O4S/c1-22-11-19(26)21-16(17(22)7-5-15(22)13-24)6-4-14-10-18(25)20(12-23(14,21)2)28-9-8-27-3;1-21-12-18(27-9-8-26-3)16(23)10-13(21)4-5-14-15-6-7-19(25)22(15,2)11-17(24)20(14)21;1-18-9-15-14(22-15)7-10(18)3-4-11-12-5-6-16(21)19(12,2)8-13(20)17(11)18;1-5-3-2-4;1-5(2,3)4/h14-18,20-21,25H,4-12H2,1-3H3;13-16,18,20,23H,4-12H2,1-3H3;10-12,14-15,17H,3-9H2,1-2H3;4H,2-3H2,1H3;(H2,1,2,3,4)/t14-,15+,16-,17-,18-,20-,21+,22+,23-;13-,14-,15-,16-,18-,20+,21-,22-;10-,11-,12-,14-,15+,17+,18-,19-;;/m000../s1. The number of carbonyl (C=O) groups is 5. The molecule has 13 rings (SSSR count). The molecule has 0 aromatic rings. The van der Waals surface area contributed by atoms with Crippen LogP contribution < -0.4 is 0 Å². The van der Waals surface area contributed by atoms with Gasteiger partial charge in [-0.2, -0.15) is 13.7 Å². The van der Waals surface area contributed by atoms with Crippen LogP contribution in [0.25, 0.3) is 0 Å². The summed E-state index contributed by atoms with van der Waals surface area (Å²) in [7, 11) is 0.179. The van der Waals surface area contributed by atoms with Crippen LogP contribution in [-0.2, 0) is 62.8 Å². The number of nitrogens with zero attached hydrogens (tertiary/aromatic N) is 1. The minimum atomic E-state index is -4.67. The van der Waals surface area contributed by atoms with Gasteiger partial charge < -0.3 is 43.7 Å². The van der Waals surface area contributed by atoms with Crippen molar-refractivity contribution >= 4 is 39.3 Å². The summed E-state index contributed by atoms with van der Waals surface area (Å²) in [6.07, 6.45) is 18.1. The van der Waals surface area contributed by atoms with E-state index in [1.165, 1.54) is 12.8 Å². The number of methoxy groups -OCH3 is 3. The Balaban J connectivity index is 0.000000145. The van der Waals surface area contributed by atoms with Crippen LogP contribution in [0.4, 0.5) is 0 Å². The molecule has 12 aliphatic carbocycles. The van der Waals surface area contributed by atoms with E-state index in [1.807, 2.05) is 6.92 Å². The smallest absolute Gasteiger partial charge is 0.394 e. The number of rotatable bonds is 10. The van der Waals surface area contributed by atoms with Gasteiger partial charge in [-0.1, -0.05) is 41.5 Å². The number of fused-ring (bicyclic) bond motifs is 16. The number of nitriles is 1. The second-order valence-corrected chi connectivity index (χ2v) is 31.6. The molecule has 0 aromatic carbocycles. The molecule has 1 saturated heterocycles. The SMILES string of the molecule is COCCO.COCCO[C@H]1C[C@@]2(C)[C@@H](CC[C@@H]3[C@@H]2C(=O)C[C@]2(C)C(=O)CC[C@@H]32)C[C@@H]1O.COCCO[C@H]1C[C@@]2(C)[C@@H](CC[C@H]3[C@@H]4CC[C@H](C#N)[C@@]4(C)CC(=O)[C@@H]32)C[C@@H]1O.C[C@]12C[C@H]3O[C@H]3C[C@@H]1CC[C@@H]1[C@@H]2C(=O)C[C@]2(C)C(=O)CC[C@@H]12.O=S(=O)(O)O. The van der Waals surface area contributed by atoms with Crippen molar-refractivity contribution in [2.75, 3.05) is 61.0 Å². The van der Waals surface area contributed by atoms with Crippen LogP contribution in [-0.4, -0.2) is 159 Å². The Morgan fingerprint density at radius 3 is 1.32 bits per heavy atom. The molecule has 87 heavy (non-hydrogen) atoms. The van der Waals surface area contributed by atoms with Gasteiger partial charge in [0.05, 0.1) is 88.3 Å². The van der Waals surface area contributed by atoms with E-state index in [9.17, 15) is 39.4 Å². The van der Waals surface area contributed by atoms with E-state index >= 15 is 0 Å². The molecule has 1 heterocycles. The molecule has 13 aliphatic rings. The monoisotopic (exact) mass is 1240 g/mol. The molecular formula is C67H105NO18S. The fraction of sp³-hybridized carbons (Fsp3) is 0.910. The lowest BCUT2D eigenvalue weighted by Gasteiger charge is -2.60. The lowest BCUT2D eigenvalue weighted by molar-refractivity contribution is -0.180. The first-order valence-corrected chi connectivity index (χ1v) is 34.5. The maximum atomic E-state index is 13.5. The van der Waals surface area contributed by atoms with E-state index in [-0.39, 0.29) is 75.3 Å². The Morgan fingerprint density at radius 2 is 0.920 bits per heavy atom. The predicted octanol–water partition coefficient (Wildman–Crippen LogP) is 8.26. The number of ketones is 5. The van der Waals surface area contributed by atoms with Crippen molar-refractivity contribution in [3.63, 3.8) is 0 Å². The molecule has 0 amide bonds. The highest BCUT2D eigenvalue weighted by Gasteiger charge is 2.68. The van der Waals surface area contributed by atoms with Crippen LogP contribution in [0, 0.1) is 121 Å². The lowest BCUT2D eigenvalue weighted by atomic mass is 9.44. The third kappa shape index (κ3) is 13.1. The summed E-state index contributed by atoms with van der Waals surface area (Å²) in [6.45, 7) is 15.8. The summed E-state index contributed by atoms with van der Waals surface area (Å²) >= 11 is 0. The summed E-state index contributed by atoms with van der Waals surface area (Å²) in [5.41, 5.74) is -1.02. The minimum absolute atomic E-state index is 0.0150. The van der Waals surface area contributed by atoms with Crippen LogP contribution in [0.2, 0.25) is 0 Å². The number of aliphatic hydroxyl groups excluding tert-OH is 3. The zero-order chi connectivity index (χ0) is 63.4. The molecule has 492 valence electrons. The Morgan fingerprint density at radius 1 is 0.517 bits per heavy atom. The number of Topliss-reactive ketones (excluding diaryl/α,β-unsaturated/α-hetero) is 5. The zero-order valence-corrected chi connectivity index (χ0v) is 54.3. The molecule has 0 aromatic heterocycles. The van der Waals surface area contributed by atoms with Crippen molar-refractivity contribution in [1.29, 1.82) is 5.26 Å². The second kappa shape index (κ2) is 26.8. The van der Waals surface area contributed by atoms with Crippen molar-refractivity contribution < 1.29 is 85.2 Å². The van der Waals surface area contributed by atoms with Gasteiger partial charge in [0.2, 0.25) is 0 Å². The molecule has 0 bridgehead atoms. The summed E-state index contributed by atoms with van der Waals surface area (Å²) in [5, 5.41) is 38.9. The zero-order valence-electron chi connectivity index (χ0n) is 53.5. The summed E-state index contributed by atoms with van der Waals surface area (Å²) < 4.78 is 63.9. The minimum Gasteiger partial charge on any atom is -0.394 e. The van der Waals surface area contributed by atoms with Gasteiger partial charge in [-0.15, -0.1) is 0 Å². The van der Waals surface area contributed by atoms with Gasteiger partial charge in [0.1, 0.15) is 28.9 Å². The summed E-state index contributed by atoms with van der Waals surface area (Å²) in [4.78, 5) is 64.9. The molecule has 0 radical (unpaired) electrons. The molecular weight excluding hydrogens is 1140 g/mol. The number of hydrogen-bond donors (Lipinski definition) is 5. The first-order chi connectivity index (χ1) is 41.0. The molecule has 0 unspecified atom stereocenters. The highest BCUT2D eigenvalue weighted by atomic mass is 32.3. The van der Waals surface area contributed by atoms with Crippen LogP contribution >= 0.6 is 0 Å². The highest BCUT2D eigenvalue weighted by Crippen LogP contribution is 2.69. The lowest BCUT2D eigenvalue weighted by Crippen LogP contribution is -2.60. The molecule has 0 spiro atoms. The topological polar surface area (TPSA) is 303 Å². The summed E-state index contributed by atoms with van der Waals surface area (Å²) in [6, 6.07) is 2.51. The van der Waals surface area contributed by atoms with Crippen LogP contribution in [0.5, 0.6) is 0 Å². The Kier molecular flexibility index (Phi) is 21.1. The van der Waals surface area contributed by atoms with E-state index < -0.39 is 28.0 Å². The fourth-order valence-electron chi connectivity index (χ4n) is 22.3. The number of aliphatic hydroxyl groups is 3. The predicted molar refractivity (Wildman–Crippen MR) is 319 cm³/mol. The van der Waals surface area contributed by atoms with E-state index in [2.05, 4.69) is 45.4 Å². The Bertz CT molecular complexity index is 2660. The normalized spacial score (nSPS) is 47.7. The van der Waals surface area contributed by atoms with E-state index in [1.54, 1.807) is 21.3 Å². The van der Waals surface area contributed by atoms with Gasteiger partial charge in [0.15, 0.2) is 0 Å². The van der Waals surface area contributed by atoms with Crippen LogP contribution in [0.1, 0.15) is 176 Å². The molecule has 19 nitrogen and oxygen atoms in total. The van der Waals surface area contributed by atoms with Crippen molar-refractivity contribution in [2.45, 2.75) is 213 Å². The molecule has 20 heteroatoms. The van der Waals surface area contributed by atoms with E-state index in [0.717, 1.165) is 83.5 Å². The van der Waals surface area contributed by atoms with Gasteiger partial charge in [-0.05, 0) is 178 Å². The maximum Gasteiger partial charge on any atom is 0.394 e. The van der Waals surface area contributed by atoms with E-state index in [0.29, 0.717) is 160 Å². The molecule has 12 saturated carbocycles. The molecule has 5 N–H and O–H groups in total. The van der Waals surface area contributed by atoms with Gasteiger partial charge in [0.25, 0.3) is 0 Å². The van der Waals surface area contributed by atoms with Gasteiger partial charge >= 0.3 is 10.4 Å². The Labute approximate surface area is 517 Å². The first kappa shape index (κ1) is 68.7.